The van der Waals surface area contributed by atoms with Gasteiger partial charge in [-0.05, 0) is 32.6 Å². The van der Waals surface area contributed by atoms with Crippen LogP contribution in [0.25, 0.3) is 0 Å². The molecule has 0 amide bonds. The Morgan fingerprint density at radius 1 is 0.789 bits per heavy atom. The number of allylic oxidation sites excluding steroid dienone is 1. The molecular formula is C11H14F8. The number of hydrogen-bond acceptors (Lipinski definition) is 0. The Balaban J connectivity index is 4.95. The Hall–Kier alpha value is -0.820. The molecule has 114 valence electrons. The van der Waals surface area contributed by atoms with E-state index in [-0.39, 0.29) is 13.8 Å². The molecule has 0 aromatic rings. The number of halogens is 8. The van der Waals surface area contributed by atoms with E-state index < -0.39 is 42.4 Å². The maximum Gasteiger partial charge on any atom is 0.422 e. The predicted molar refractivity (Wildman–Crippen MR) is 54.1 cm³/mol. The maximum atomic E-state index is 13.3. The highest BCUT2D eigenvalue weighted by Crippen LogP contribution is 2.44. The summed E-state index contributed by atoms with van der Waals surface area (Å²) in [6, 6.07) is 0. The summed E-state index contributed by atoms with van der Waals surface area (Å²) >= 11 is 0. The molecule has 2 atom stereocenters. The smallest absolute Gasteiger partial charge is 0.234 e. The molecular weight excluding hydrogens is 284 g/mol. The van der Waals surface area contributed by atoms with Crippen molar-refractivity contribution in [2.75, 3.05) is 0 Å². The third kappa shape index (κ3) is 4.65. The third-order valence-electron chi connectivity index (χ3n) is 2.81. The summed E-state index contributed by atoms with van der Waals surface area (Å²) in [7, 11) is 0. The molecule has 0 N–H and O–H groups in total. The van der Waals surface area contributed by atoms with Gasteiger partial charge in [0.05, 0.1) is 0 Å². The second-order valence-corrected chi connectivity index (χ2v) is 4.79. The Bertz CT molecular complexity index is 282. The average Bonchev–Trinajstić information content (AvgIpc) is 2.12. The van der Waals surface area contributed by atoms with E-state index in [9.17, 15) is 35.1 Å². The molecule has 0 spiro atoms. The second-order valence-electron chi connectivity index (χ2n) is 4.79. The minimum absolute atomic E-state index is 0.201. The van der Waals surface area contributed by atoms with Crippen LogP contribution in [0.3, 0.4) is 0 Å². The lowest BCUT2D eigenvalue weighted by Crippen LogP contribution is -2.43. The van der Waals surface area contributed by atoms with Crippen molar-refractivity contribution in [2.45, 2.75) is 50.4 Å². The van der Waals surface area contributed by atoms with Crippen LogP contribution >= 0.6 is 0 Å². The summed E-state index contributed by atoms with van der Waals surface area (Å²) in [5.41, 5.74) is -7.40. The summed E-state index contributed by atoms with van der Waals surface area (Å²) in [5, 5.41) is 0. The van der Waals surface area contributed by atoms with Crippen molar-refractivity contribution in [3.05, 3.63) is 12.7 Å². The quantitative estimate of drug-likeness (QED) is 0.486. The first-order valence-electron chi connectivity index (χ1n) is 5.28. The van der Waals surface area contributed by atoms with Crippen molar-refractivity contribution >= 4 is 0 Å². The van der Waals surface area contributed by atoms with E-state index in [0.29, 0.717) is 6.08 Å². The minimum atomic E-state index is -5.24. The molecule has 0 nitrogen and oxygen atoms in total. The number of alkyl halides is 8. The Morgan fingerprint density at radius 2 is 1.05 bits per heavy atom. The van der Waals surface area contributed by atoms with Gasteiger partial charge in [-0.3, -0.25) is 0 Å². The zero-order valence-corrected chi connectivity index (χ0v) is 10.3. The van der Waals surface area contributed by atoms with E-state index in [1.807, 2.05) is 0 Å². The monoisotopic (exact) mass is 298 g/mol. The molecule has 0 fully saturated rings. The van der Waals surface area contributed by atoms with E-state index in [4.69, 9.17) is 0 Å². The molecule has 0 aliphatic carbocycles. The van der Waals surface area contributed by atoms with Crippen LogP contribution in [0.5, 0.6) is 0 Å². The molecule has 0 aliphatic rings. The fraction of sp³-hybridized carbons (Fsp3) is 0.818. The van der Waals surface area contributed by atoms with E-state index >= 15 is 0 Å². The first kappa shape index (κ1) is 18.2. The molecule has 0 aromatic carbocycles. The Labute approximate surface area is 105 Å². The van der Waals surface area contributed by atoms with Gasteiger partial charge in [-0.15, -0.1) is 6.58 Å². The van der Waals surface area contributed by atoms with Gasteiger partial charge in [-0.1, -0.05) is 6.08 Å². The average molecular weight is 298 g/mol. The van der Waals surface area contributed by atoms with Crippen molar-refractivity contribution in [3.8, 4) is 0 Å². The highest BCUT2D eigenvalue weighted by molar-refractivity contribution is 4.96. The van der Waals surface area contributed by atoms with Crippen molar-refractivity contribution in [1.82, 2.24) is 0 Å². The van der Waals surface area contributed by atoms with Crippen molar-refractivity contribution < 1.29 is 35.1 Å². The lowest BCUT2D eigenvalue weighted by atomic mass is 9.85. The SMILES string of the molecule is C=CC(CC(C)(F)C(F)(F)F)CC(C)(F)C(F)(F)F. The standard InChI is InChI=1S/C11H14F8/c1-4-7(5-8(2,12)10(14,15)16)6-9(3,13)11(17,18)19/h4,7H,1,5-6H2,2-3H3. The minimum Gasteiger partial charge on any atom is -0.234 e. The maximum absolute atomic E-state index is 13.3. The zero-order chi connectivity index (χ0) is 15.7. The largest absolute Gasteiger partial charge is 0.422 e. The first-order chi connectivity index (χ1) is 8.14. The van der Waals surface area contributed by atoms with Crippen LogP contribution < -0.4 is 0 Å². The molecule has 0 aromatic heterocycles. The normalized spacial score (nSPS) is 21.4. The van der Waals surface area contributed by atoms with Gasteiger partial charge in [0.1, 0.15) is 0 Å². The van der Waals surface area contributed by atoms with Crippen LogP contribution in [0.15, 0.2) is 12.7 Å². The summed E-state index contributed by atoms with van der Waals surface area (Å²) < 4.78 is 100. The Kier molecular flexibility index (Phi) is 5.05. The van der Waals surface area contributed by atoms with E-state index in [2.05, 4.69) is 6.58 Å². The van der Waals surface area contributed by atoms with Gasteiger partial charge >= 0.3 is 12.4 Å². The van der Waals surface area contributed by atoms with Crippen LogP contribution in [0.4, 0.5) is 35.1 Å². The fourth-order valence-electron chi connectivity index (χ4n) is 1.46. The Morgan fingerprint density at radius 3 is 1.21 bits per heavy atom. The van der Waals surface area contributed by atoms with E-state index in [1.165, 1.54) is 0 Å². The molecule has 8 heteroatoms. The molecule has 19 heavy (non-hydrogen) atoms. The third-order valence-corrected chi connectivity index (χ3v) is 2.81. The van der Waals surface area contributed by atoms with Gasteiger partial charge < -0.3 is 0 Å². The summed E-state index contributed by atoms with van der Waals surface area (Å²) in [4.78, 5) is 0. The molecule has 0 rings (SSSR count). The molecule has 2 unspecified atom stereocenters. The zero-order valence-electron chi connectivity index (χ0n) is 10.3. The summed E-state index contributed by atoms with van der Waals surface area (Å²) in [6.45, 7) is 3.43. The molecule has 0 heterocycles. The van der Waals surface area contributed by atoms with E-state index in [0.717, 1.165) is 0 Å². The van der Waals surface area contributed by atoms with Crippen LogP contribution in [-0.2, 0) is 0 Å². The van der Waals surface area contributed by atoms with Gasteiger partial charge in [0.25, 0.3) is 0 Å². The fourth-order valence-corrected chi connectivity index (χ4v) is 1.46. The van der Waals surface area contributed by atoms with Gasteiger partial charge in [0.15, 0.2) is 0 Å². The molecule has 0 saturated carbocycles. The molecule has 0 saturated heterocycles. The second kappa shape index (κ2) is 5.28. The first-order valence-corrected chi connectivity index (χ1v) is 5.28. The lowest BCUT2D eigenvalue weighted by Gasteiger charge is -2.31. The van der Waals surface area contributed by atoms with Gasteiger partial charge in [0, 0.05) is 0 Å². The van der Waals surface area contributed by atoms with Gasteiger partial charge in [0.2, 0.25) is 11.3 Å². The molecule has 0 aliphatic heterocycles. The van der Waals surface area contributed by atoms with Crippen LogP contribution in [0.1, 0.15) is 26.7 Å². The van der Waals surface area contributed by atoms with Crippen molar-refractivity contribution in [2.24, 2.45) is 5.92 Å². The summed E-state index contributed by atoms with van der Waals surface area (Å²) in [6.07, 6.45) is -12.4. The topological polar surface area (TPSA) is 0 Å². The van der Waals surface area contributed by atoms with E-state index in [1.54, 1.807) is 0 Å². The van der Waals surface area contributed by atoms with Gasteiger partial charge in [-0.25, -0.2) is 8.78 Å². The van der Waals surface area contributed by atoms with Crippen LogP contribution in [0.2, 0.25) is 0 Å². The van der Waals surface area contributed by atoms with Crippen molar-refractivity contribution in [3.63, 3.8) is 0 Å². The molecule has 0 radical (unpaired) electrons. The van der Waals surface area contributed by atoms with Crippen LogP contribution in [0, 0.1) is 5.92 Å². The lowest BCUT2D eigenvalue weighted by molar-refractivity contribution is -0.239. The molecule has 0 bridgehead atoms. The van der Waals surface area contributed by atoms with Crippen molar-refractivity contribution in [1.29, 1.82) is 0 Å². The number of hydrogen-bond donors (Lipinski definition) is 0. The number of rotatable bonds is 5. The van der Waals surface area contributed by atoms with Gasteiger partial charge in [-0.2, -0.15) is 26.3 Å². The highest BCUT2D eigenvalue weighted by Gasteiger charge is 2.56. The summed E-state index contributed by atoms with van der Waals surface area (Å²) in [5.74, 6) is -1.59. The van der Waals surface area contributed by atoms with Crippen LogP contribution in [-0.4, -0.2) is 23.7 Å². The highest BCUT2D eigenvalue weighted by atomic mass is 19.4. The predicted octanol–water partition coefficient (Wildman–Crippen LogP) is 5.15.